The molecule has 0 unspecified atom stereocenters. The minimum absolute atomic E-state index is 0.0349. The second-order valence-electron chi connectivity index (χ2n) is 5.08. The molecule has 0 fully saturated rings. The number of nitrogens with zero attached hydrogens (tertiary/aromatic N) is 3. The first kappa shape index (κ1) is 16.5. The first-order valence-corrected chi connectivity index (χ1v) is 7.07. The zero-order valence-electron chi connectivity index (χ0n) is 12.9. The maximum Gasteiger partial charge on any atom is 0.363 e. The van der Waals surface area contributed by atoms with Crippen LogP contribution in [0.3, 0.4) is 0 Å². The summed E-state index contributed by atoms with van der Waals surface area (Å²) in [6.07, 6.45) is -0.303. The van der Waals surface area contributed by atoms with Gasteiger partial charge in [0.2, 0.25) is 5.69 Å². The van der Waals surface area contributed by atoms with Crippen molar-refractivity contribution in [2.45, 2.75) is 33.1 Å². The average molecular weight is 318 g/mol. The van der Waals surface area contributed by atoms with Gasteiger partial charge in [0, 0.05) is 0 Å². The second kappa shape index (κ2) is 7.39. The Labute approximate surface area is 133 Å². The molecule has 1 aromatic carbocycles. The van der Waals surface area contributed by atoms with E-state index in [1.807, 2.05) is 30.3 Å². The maximum atomic E-state index is 11.8. The topological polar surface area (TPSA) is 109 Å². The fourth-order valence-corrected chi connectivity index (χ4v) is 1.76. The molecule has 2 rings (SSSR count). The Hall–Kier alpha value is -2.90. The number of aromatic nitrogens is 3. The van der Waals surface area contributed by atoms with Crippen LogP contribution in [0.5, 0.6) is 0 Å². The number of nitrogen functional groups attached to an aromatic ring is 1. The van der Waals surface area contributed by atoms with Crippen molar-refractivity contribution in [1.29, 1.82) is 0 Å². The molecule has 0 amide bonds. The molecule has 0 radical (unpaired) electrons. The van der Waals surface area contributed by atoms with E-state index in [2.05, 4.69) is 10.3 Å². The Morgan fingerprint density at radius 1 is 1.26 bits per heavy atom. The molecule has 2 N–H and O–H groups in total. The summed E-state index contributed by atoms with van der Waals surface area (Å²) in [6, 6.07) is 9.27. The summed E-state index contributed by atoms with van der Waals surface area (Å²) >= 11 is 0. The van der Waals surface area contributed by atoms with Gasteiger partial charge in [0.05, 0.1) is 6.10 Å². The fourth-order valence-electron chi connectivity index (χ4n) is 1.76. The van der Waals surface area contributed by atoms with Gasteiger partial charge in [-0.15, -0.1) is 5.10 Å². The third-order valence-electron chi connectivity index (χ3n) is 2.83. The van der Waals surface area contributed by atoms with Crippen molar-refractivity contribution in [3.05, 3.63) is 41.6 Å². The number of carbonyl (C=O) groups is 2. The van der Waals surface area contributed by atoms with Crippen molar-refractivity contribution >= 4 is 17.8 Å². The van der Waals surface area contributed by atoms with Crippen molar-refractivity contribution in [2.75, 3.05) is 5.73 Å². The summed E-state index contributed by atoms with van der Waals surface area (Å²) in [5, 5.41) is 7.32. The summed E-state index contributed by atoms with van der Waals surface area (Å²) in [5.41, 5.74) is 6.52. The van der Waals surface area contributed by atoms with Crippen molar-refractivity contribution in [2.24, 2.45) is 0 Å². The molecule has 0 bridgehead atoms. The van der Waals surface area contributed by atoms with Gasteiger partial charge in [0.25, 0.3) is 0 Å². The van der Waals surface area contributed by atoms with E-state index in [0.717, 1.165) is 10.2 Å². The van der Waals surface area contributed by atoms with Crippen LogP contribution in [-0.2, 0) is 27.4 Å². The van der Waals surface area contributed by atoms with E-state index in [1.165, 1.54) is 0 Å². The van der Waals surface area contributed by atoms with Gasteiger partial charge >= 0.3 is 11.9 Å². The molecule has 0 aliphatic carbocycles. The van der Waals surface area contributed by atoms with E-state index >= 15 is 0 Å². The SMILES string of the molecule is CC(C)OC(=O)c1nnn(CC(=O)OCc2ccccc2)c1N. The molecule has 0 saturated carbocycles. The number of benzene rings is 1. The van der Waals surface area contributed by atoms with Gasteiger partial charge in [0.1, 0.15) is 13.2 Å². The third-order valence-corrected chi connectivity index (χ3v) is 2.83. The molecule has 2 aromatic rings. The van der Waals surface area contributed by atoms with E-state index in [0.29, 0.717) is 0 Å². The zero-order valence-corrected chi connectivity index (χ0v) is 12.9. The molecule has 1 aromatic heterocycles. The van der Waals surface area contributed by atoms with Gasteiger partial charge in [-0.3, -0.25) is 4.79 Å². The first-order chi connectivity index (χ1) is 11.0. The predicted octanol–water partition coefficient (Wildman–Crippen LogP) is 1.17. The van der Waals surface area contributed by atoms with E-state index in [-0.39, 0.29) is 30.8 Å². The van der Waals surface area contributed by atoms with Crippen LogP contribution in [0.4, 0.5) is 5.82 Å². The van der Waals surface area contributed by atoms with Gasteiger partial charge in [-0.2, -0.15) is 0 Å². The van der Waals surface area contributed by atoms with Crippen LogP contribution in [-0.4, -0.2) is 33.0 Å². The highest BCUT2D eigenvalue weighted by Crippen LogP contribution is 2.11. The first-order valence-electron chi connectivity index (χ1n) is 7.07. The van der Waals surface area contributed by atoms with Crippen LogP contribution in [0.15, 0.2) is 30.3 Å². The highest BCUT2D eigenvalue weighted by molar-refractivity contribution is 5.92. The molecule has 8 heteroatoms. The lowest BCUT2D eigenvalue weighted by Crippen LogP contribution is -2.17. The number of nitrogens with two attached hydrogens (primary N) is 1. The number of hydrogen-bond donors (Lipinski definition) is 1. The Bertz CT molecular complexity index is 682. The van der Waals surface area contributed by atoms with E-state index in [9.17, 15) is 9.59 Å². The third kappa shape index (κ3) is 4.53. The lowest BCUT2D eigenvalue weighted by molar-refractivity contribution is -0.145. The second-order valence-corrected chi connectivity index (χ2v) is 5.08. The predicted molar refractivity (Wildman–Crippen MR) is 81.2 cm³/mol. The van der Waals surface area contributed by atoms with Crippen LogP contribution < -0.4 is 5.73 Å². The van der Waals surface area contributed by atoms with Crippen LogP contribution in [0, 0.1) is 0 Å². The van der Waals surface area contributed by atoms with Crippen molar-refractivity contribution in [3.8, 4) is 0 Å². The quantitative estimate of drug-likeness (QED) is 0.796. The molecule has 23 heavy (non-hydrogen) atoms. The normalized spacial score (nSPS) is 10.6. The van der Waals surface area contributed by atoms with Crippen molar-refractivity contribution in [1.82, 2.24) is 15.0 Å². The van der Waals surface area contributed by atoms with Crippen LogP contribution in [0.1, 0.15) is 29.9 Å². The van der Waals surface area contributed by atoms with Crippen LogP contribution in [0.2, 0.25) is 0 Å². The van der Waals surface area contributed by atoms with Gasteiger partial charge < -0.3 is 15.2 Å². The Morgan fingerprint density at radius 3 is 2.61 bits per heavy atom. The molecule has 8 nitrogen and oxygen atoms in total. The van der Waals surface area contributed by atoms with E-state index in [1.54, 1.807) is 13.8 Å². The Morgan fingerprint density at radius 2 is 1.96 bits per heavy atom. The highest BCUT2D eigenvalue weighted by atomic mass is 16.5. The molecule has 0 atom stereocenters. The van der Waals surface area contributed by atoms with Crippen molar-refractivity contribution < 1.29 is 19.1 Å². The minimum atomic E-state index is -0.679. The molecule has 122 valence electrons. The Balaban J connectivity index is 1.94. The summed E-state index contributed by atoms with van der Waals surface area (Å²) in [7, 11) is 0. The number of hydrogen-bond acceptors (Lipinski definition) is 7. The lowest BCUT2D eigenvalue weighted by atomic mass is 10.2. The fraction of sp³-hybridized carbons (Fsp3) is 0.333. The van der Waals surface area contributed by atoms with E-state index in [4.69, 9.17) is 15.2 Å². The number of anilines is 1. The van der Waals surface area contributed by atoms with Gasteiger partial charge in [0.15, 0.2) is 5.82 Å². The van der Waals surface area contributed by atoms with Crippen molar-refractivity contribution in [3.63, 3.8) is 0 Å². The highest BCUT2D eigenvalue weighted by Gasteiger charge is 2.21. The number of esters is 2. The summed E-state index contributed by atoms with van der Waals surface area (Å²) in [4.78, 5) is 23.6. The maximum absolute atomic E-state index is 11.8. The molecule has 0 aliphatic rings. The number of rotatable bonds is 6. The lowest BCUT2D eigenvalue weighted by Gasteiger charge is -2.07. The van der Waals surface area contributed by atoms with Gasteiger partial charge in [-0.1, -0.05) is 35.5 Å². The molecule has 1 heterocycles. The van der Waals surface area contributed by atoms with E-state index < -0.39 is 11.9 Å². The largest absolute Gasteiger partial charge is 0.459 e. The number of carbonyl (C=O) groups excluding carboxylic acids is 2. The average Bonchev–Trinajstić information content (AvgIpc) is 2.87. The van der Waals surface area contributed by atoms with Crippen LogP contribution in [0.25, 0.3) is 0 Å². The minimum Gasteiger partial charge on any atom is -0.459 e. The summed E-state index contributed by atoms with van der Waals surface area (Å²) in [6.45, 7) is 3.33. The smallest absolute Gasteiger partial charge is 0.363 e. The zero-order chi connectivity index (χ0) is 16.8. The molecule has 0 aliphatic heterocycles. The van der Waals surface area contributed by atoms with Crippen LogP contribution >= 0.6 is 0 Å². The monoisotopic (exact) mass is 318 g/mol. The molecular weight excluding hydrogens is 300 g/mol. The van der Waals surface area contributed by atoms with Gasteiger partial charge in [-0.25, -0.2) is 9.48 Å². The summed E-state index contributed by atoms with van der Waals surface area (Å²) in [5.74, 6) is -1.25. The molecule has 0 spiro atoms. The Kier molecular flexibility index (Phi) is 5.29. The summed E-state index contributed by atoms with van der Waals surface area (Å²) < 4.78 is 11.2. The molecular formula is C15H18N4O4. The van der Waals surface area contributed by atoms with Gasteiger partial charge in [-0.05, 0) is 19.4 Å². The molecule has 0 saturated heterocycles. The number of ether oxygens (including phenoxy) is 2. The standard InChI is InChI=1S/C15H18N4O4/c1-10(2)23-15(21)13-14(16)19(18-17-13)8-12(20)22-9-11-6-4-3-5-7-11/h3-7,10H,8-9,16H2,1-2H3.